The van der Waals surface area contributed by atoms with Gasteiger partial charge in [0, 0.05) is 29.6 Å². The van der Waals surface area contributed by atoms with Gasteiger partial charge in [0.1, 0.15) is 0 Å². The van der Waals surface area contributed by atoms with Gasteiger partial charge in [0.15, 0.2) is 0 Å². The summed E-state index contributed by atoms with van der Waals surface area (Å²) >= 11 is 0. The molecule has 98 valence electrons. The van der Waals surface area contributed by atoms with Gasteiger partial charge in [-0.2, -0.15) is 0 Å². The number of hydrazine groups is 1. The molecule has 1 heterocycles. The average molecular weight is 254 g/mol. The predicted molar refractivity (Wildman–Crippen MR) is 76.2 cm³/mol. The van der Waals surface area contributed by atoms with Crippen LogP contribution in [0.2, 0.25) is 0 Å². The highest BCUT2D eigenvalue weighted by atomic mass is 15.2. The lowest BCUT2D eigenvalue weighted by molar-refractivity contribution is 0.453. The predicted octanol–water partition coefficient (Wildman–Crippen LogP) is 1.90. The van der Waals surface area contributed by atoms with Crippen LogP contribution in [-0.2, 0) is 6.42 Å². The van der Waals surface area contributed by atoms with E-state index in [9.17, 15) is 0 Å². The van der Waals surface area contributed by atoms with Crippen molar-refractivity contribution in [3.8, 4) is 0 Å². The summed E-state index contributed by atoms with van der Waals surface area (Å²) < 4.78 is 0. The first-order valence-corrected chi connectivity index (χ1v) is 6.54. The summed E-state index contributed by atoms with van der Waals surface area (Å²) in [7, 11) is 0. The number of nitrogens with one attached hydrogen (secondary N) is 1. The van der Waals surface area contributed by atoms with Crippen LogP contribution in [0.5, 0.6) is 0 Å². The van der Waals surface area contributed by atoms with E-state index in [-0.39, 0.29) is 6.04 Å². The van der Waals surface area contributed by atoms with Crippen LogP contribution in [0.3, 0.4) is 0 Å². The van der Waals surface area contributed by atoms with Crippen LogP contribution in [-0.4, -0.2) is 4.98 Å². The maximum Gasteiger partial charge on any atom is 0.0564 e. The number of nitrogens with two attached hydrogens (primary N) is 2. The van der Waals surface area contributed by atoms with Gasteiger partial charge in [0.2, 0.25) is 0 Å². The Morgan fingerprint density at radius 3 is 2.89 bits per heavy atom. The highest BCUT2D eigenvalue weighted by Gasteiger charge is 2.30. The molecular formula is C15H18N4. The average Bonchev–Trinajstić information content (AvgIpc) is 2.86. The molecule has 2 aromatic rings. The molecule has 1 aliphatic carbocycles. The summed E-state index contributed by atoms with van der Waals surface area (Å²) in [5, 5.41) is 0. The molecule has 1 aromatic heterocycles. The molecule has 2 unspecified atom stereocenters. The second kappa shape index (κ2) is 4.99. The van der Waals surface area contributed by atoms with Crippen LogP contribution in [0.1, 0.15) is 35.1 Å². The number of rotatable bonds is 3. The molecule has 0 spiro atoms. The first kappa shape index (κ1) is 12.1. The SMILES string of the molecule is NNC(c1cnccc1N)C1CCc2ccccc21. The number of aromatic nitrogens is 1. The number of aryl methyl sites for hydroxylation is 1. The molecule has 3 rings (SSSR count). The van der Waals surface area contributed by atoms with Crippen molar-refractivity contribution in [3.05, 3.63) is 59.4 Å². The molecule has 0 amide bonds. The van der Waals surface area contributed by atoms with Crippen molar-refractivity contribution >= 4 is 5.69 Å². The van der Waals surface area contributed by atoms with Crippen LogP contribution in [0.4, 0.5) is 5.69 Å². The minimum atomic E-state index is 0.0114. The van der Waals surface area contributed by atoms with E-state index in [0.29, 0.717) is 5.92 Å². The number of hydrogen-bond donors (Lipinski definition) is 3. The summed E-state index contributed by atoms with van der Waals surface area (Å²) in [5.74, 6) is 6.13. The van der Waals surface area contributed by atoms with Gasteiger partial charge >= 0.3 is 0 Å². The molecule has 0 fully saturated rings. The number of nitrogen functional groups attached to an aromatic ring is 1. The zero-order chi connectivity index (χ0) is 13.2. The Labute approximate surface area is 112 Å². The molecule has 1 aromatic carbocycles. The molecule has 2 atom stereocenters. The Hall–Kier alpha value is -1.91. The lowest BCUT2D eigenvalue weighted by atomic mass is 9.89. The topological polar surface area (TPSA) is 77.0 Å². The van der Waals surface area contributed by atoms with Gasteiger partial charge in [0.25, 0.3) is 0 Å². The molecule has 0 bridgehead atoms. The molecule has 4 nitrogen and oxygen atoms in total. The smallest absolute Gasteiger partial charge is 0.0564 e. The van der Waals surface area contributed by atoms with Gasteiger partial charge in [-0.3, -0.25) is 16.3 Å². The molecule has 0 radical (unpaired) electrons. The van der Waals surface area contributed by atoms with Gasteiger partial charge in [-0.25, -0.2) is 0 Å². The van der Waals surface area contributed by atoms with E-state index in [1.165, 1.54) is 11.1 Å². The largest absolute Gasteiger partial charge is 0.398 e. The Morgan fingerprint density at radius 1 is 1.26 bits per heavy atom. The first-order chi connectivity index (χ1) is 9.31. The van der Waals surface area contributed by atoms with Crippen molar-refractivity contribution in [2.45, 2.75) is 24.8 Å². The van der Waals surface area contributed by atoms with Crippen LogP contribution in [0, 0.1) is 0 Å². The standard InChI is InChI=1S/C15H18N4/c16-14-7-8-18-9-13(14)15(19-17)12-6-5-10-3-1-2-4-11(10)12/h1-4,7-9,12,15,19H,5-6,17H2,(H2,16,18). The van der Waals surface area contributed by atoms with E-state index in [0.717, 1.165) is 24.1 Å². The van der Waals surface area contributed by atoms with Crippen LogP contribution < -0.4 is 17.0 Å². The highest BCUT2D eigenvalue weighted by Crippen LogP contribution is 2.42. The summed E-state index contributed by atoms with van der Waals surface area (Å²) in [5.41, 5.74) is 13.5. The molecule has 5 N–H and O–H groups in total. The van der Waals surface area contributed by atoms with Gasteiger partial charge in [-0.1, -0.05) is 24.3 Å². The molecule has 19 heavy (non-hydrogen) atoms. The number of hydrogen-bond acceptors (Lipinski definition) is 4. The van der Waals surface area contributed by atoms with Crippen molar-refractivity contribution in [1.82, 2.24) is 10.4 Å². The van der Waals surface area contributed by atoms with E-state index in [2.05, 4.69) is 34.7 Å². The Bertz CT molecular complexity index is 582. The second-order valence-electron chi connectivity index (χ2n) is 4.99. The molecule has 0 aliphatic heterocycles. The van der Waals surface area contributed by atoms with Crippen LogP contribution in [0.25, 0.3) is 0 Å². The van der Waals surface area contributed by atoms with E-state index in [1.807, 2.05) is 6.07 Å². The monoisotopic (exact) mass is 254 g/mol. The van der Waals surface area contributed by atoms with Crippen molar-refractivity contribution in [2.75, 3.05) is 5.73 Å². The minimum Gasteiger partial charge on any atom is -0.398 e. The lowest BCUT2D eigenvalue weighted by Crippen LogP contribution is -2.32. The Balaban J connectivity index is 1.99. The number of fused-ring (bicyclic) bond motifs is 1. The first-order valence-electron chi connectivity index (χ1n) is 6.54. The fourth-order valence-corrected chi connectivity index (χ4v) is 3.04. The lowest BCUT2D eigenvalue weighted by Gasteiger charge is -2.25. The van der Waals surface area contributed by atoms with Crippen LogP contribution >= 0.6 is 0 Å². The second-order valence-corrected chi connectivity index (χ2v) is 4.99. The van der Waals surface area contributed by atoms with Crippen LogP contribution in [0.15, 0.2) is 42.7 Å². The molecule has 4 heteroatoms. The molecule has 0 saturated carbocycles. The minimum absolute atomic E-state index is 0.0114. The van der Waals surface area contributed by atoms with Crippen molar-refractivity contribution in [3.63, 3.8) is 0 Å². The van der Waals surface area contributed by atoms with E-state index in [1.54, 1.807) is 12.4 Å². The Morgan fingerprint density at radius 2 is 2.11 bits per heavy atom. The van der Waals surface area contributed by atoms with E-state index >= 15 is 0 Å². The van der Waals surface area contributed by atoms with E-state index < -0.39 is 0 Å². The fourth-order valence-electron chi connectivity index (χ4n) is 3.04. The van der Waals surface area contributed by atoms with Crippen molar-refractivity contribution in [1.29, 1.82) is 0 Å². The van der Waals surface area contributed by atoms with Gasteiger partial charge in [-0.15, -0.1) is 0 Å². The summed E-state index contributed by atoms with van der Waals surface area (Å²) in [6, 6.07) is 10.4. The van der Waals surface area contributed by atoms with Gasteiger partial charge in [-0.05, 0) is 30.0 Å². The van der Waals surface area contributed by atoms with Crippen molar-refractivity contribution < 1.29 is 0 Å². The third kappa shape index (κ3) is 2.09. The summed E-state index contributed by atoms with van der Waals surface area (Å²) in [6.45, 7) is 0. The maximum absolute atomic E-state index is 6.05. The zero-order valence-corrected chi connectivity index (χ0v) is 10.7. The number of anilines is 1. The molecular weight excluding hydrogens is 236 g/mol. The summed E-state index contributed by atoms with van der Waals surface area (Å²) in [4.78, 5) is 4.17. The maximum atomic E-state index is 6.05. The number of pyridine rings is 1. The molecule has 1 aliphatic rings. The molecule has 0 saturated heterocycles. The summed E-state index contributed by atoms with van der Waals surface area (Å²) in [6.07, 6.45) is 5.69. The van der Waals surface area contributed by atoms with E-state index in [4.69, 9.17) is 11.6 Å². The number of nitrogens with zero attached hydrogens (tertiary/aromatic N) is 1. The highest BCUT2D eigenvalue weighted by molar-refractivity contribution is 5.49. The zero-order valence-electron chi connectivity index (χ0n) is 10.7. The van der Waals surface area contributed by atoms with Crippen molar-refractivity contribution in [2.24, 2.45) is 5.84 Å². The third-order valence-corrected chi connectivity index (χ3v) is 3.98. The normalized spacial score (nSPS) is 19.1. The van der Waals surface area contributed by atoms with Gasteiger partial charge in [0.05, 0.1) is 6.04 Å². The quantitative estimate of drug-likeness (QED) is 0.577. The third-order valence-electron chi connectivity index (χ3n) is 3.98. The number of benzene rings is 1. The van der Waals surface area contributed by atoms with Gasteiger partial charge < -0.3 is 5.73 Å². The fraction of sp³-hybridized carbons (Fsp3) is 0.267. The Kier molecular flexibility index (Phi) is 3.19.